The zero-order valence-electron chi connectivity index (χ0n) is 14.2. The molecule has 0 bridgehead atoms. The van der Waals surface area contributed by atoms with Crippen LogP contribution in [0, 0.1) is 17.0 Å². The summed E-state index contributed by atoms with van der Waals surface area (Å²) in [6, 6.07) is 8.37. The molecule has 3 aromatic rings. The molecule has 0 atom stereocenters. The Balaban J connectivity index is 1.92. The van der Waals surface area contributed by atoms with Gasteiger partial charge in [-0.1, -0.05) is 12.1 Å². The molecule has 0 aliphatic heterocycles. The maximum absolute atomic E-state index is 11.0. The first-order valence-electron chi connectivity index (χ1n) is 7.84. The van der Waals surface area contributed by atoms with Gasteiger partial charge in [0.05, 0.1) is 16.8 Å². The number of non-ortho nitro benzene ring substituents is 1. The van der Waals surface area contributed by atoms with Crippen molar-refractivity contribution in [1.82, 2.24) is 19.7 Å². The zero-order chi connectivity index (χ0) is 18.0. The van der Waals surface area contributed by atoms with Crippen LogP contribution in [0.25, 0.3) is 11.4 Å². The van der Waals surface area contributed by atoms with Gasteiger partial charge in [-0.25, -0.2) is 9.97 Å². The molecule has 1 aromatic carbocycles. The van der Waals surface area contributed by atoms with E-state index in [9.17, 15) is 10.1 Å². The lowest BCUT2D eigenvalue weighted by molar-refractivity contribution is -0.384. The molecule has 128 valence electrons. The number of hydrogen-bond acceptors (Lipinski definition) is 6. The fourth-order valence-electron chi connectivity index (χ4n) is 2.35. The number of rotatable bonds is 5. The molecule has 2 aromatic heterocycles. The fourth-order valence-corrected chi connectivity index (χ4v) is 2.35. The minimum absolute atomic E-state index is 0.00956. The van der Waals surface area contributed by atoms with Gasteiger partial charge in [0, 0.05) is 41.7 Å². The second kappa shape index (κ2) is 6.68. The highest BCUT2D eigenvalue weighted by molar-refractivity contribution is 5.63. The number of hydrogen-bond donors (Lipinski definition) is 1. The standard InChI is InChI=1S/C17H18N6O2/c1-11(2)22-10-14(9-18-22)20-16-7-12(3)19-17(21-16)13-5-4-6-15(8-13)23(24)25/h4-11H,1-3H3,(H,19,20,21). The van der Waals surface area contributed by atoms with Gasteiger partial charge in [-0.15, -0.1) is 0 Å². The molecule has 0 aliphatic carbocycles. The molecule has 0 fully saturated rings. The van der Waals surface area contributed by atoms with Gasteiger partial charge in [0.2, 0.25) is 0 Å². The maximum Gasteiger partial charge on any atom is 0.270 e. The molecule has 3 rings (SSSR count). The summed E-state index contributed by atoms with van der Waals surface area (Å²) >= 11 is 0. The van der Waals surface area contributed by atoms with Gasteiger partial charge >= 0.3 is 0 Å². The van der Waals surface area contributed by atoms with Crippen LogP contribution in [-0.4, -0.2) is 24.7 Å². The van der Waals surface area contributed by atoms with Crippen LogP contribution in [0.4, 0.5) is 17.2 Å². The molecule has 8 nitrogen and oxygen atoms in total. The summed E-state index contributed by atoms with van der Waals surface area (Å²) in [7, 11) is 0. The first-order valence-corrected chi connectivity index (χ1v) is 7.84. The van der Waals surface area contributed by atoms with Gasteiger partial charge in [-0.3, -0.25) is 14.8 Å². The molecule has 0 spiro atoms. The second-order valence-corrected chi connectivity index (χ2v) is 5.95. The number of benzene rings is 1. The van der Waals surface area contributed by atoms with E-state index in [2.05, 4.69) is 20.4 Å². The van der Waals surface area contributed by atoms with Gasteiger partial charge in [0.15, 0.2) is 5.82 Å². The first-order chi connectivity index (χ1) is 11.9. The number of nitrogens with one attached hydrogen (secondary N) is 1. The first kappa shape index (κ1) is 16.6. The largest absolute Gasteiger partial charge is 0.338 e. The number of nitrogens with zero attached hydrogens (tertiary/aromatic N) is 5. The van der Waals surface area contributed by atoms with Gasteiger partial charge < -0.3 is 5.32 Å². The Morgan fingerprint density at radius 3 is 2.72 bits per heavy atom. The number of anilines is 2. The molecule has 0 saturated heterocycles. The minimum atomic E-state index is -0.432. The smallest absolute Gasteiger partial charge is 0.270 e. The molecule has 0 radical (unpaired) electrons. The van der Waals surface area contributed by atoms with Crippen LogP contribution >= 0.6 is 0 Å². The van der Waals surface area contributed by atoms with Crippen molar-refractivity contribution in [2.75, 3.05) is 5.32 Å². The minimum Gasteiger partial charge on any atom is -0.338 e. The summed E-state index contributed by atoms with van der Waals surface area (Å²) in [5.41, 5.74) is 2.18. The lowest BCUT2D eigenvalue weighted by Crippen LogP contribution is -2.01. The van der Waals surface area contributed by atoms with E-state index >= 15 is 0 Å². The number of nitro benzene ring substituents is 1. The van der Waals surface area contributed by atoms with E-state index in [1.54, 1.807) is 18.3 Å². The van der Waals surface area contributed by atoms with E-state index in [0.717, 1.165) is 11.4 Å². The topological polar surface area (TPSA) is 98.8 Å². The van der Waals surface area contributed by atoms with Crippen molar-refractivity contribution in [2.24, 2.45) is 0 Å². The van der Waals surface area contributed by atoms with E-state index in [1.165, 1.54) is 12.1 Å². The molecule has 0 saturated carbocycles. The van der Waals surface area contributed by atoms with Gasteiger partial charge in [0.1, 0.15) is 5.82 Å². The Hall–Kier alpha value is -3.29. The van der Waals surface area contributed by atoms with Gasteiger partial charge in [0.25, 0.3) is 5.69 Å². The maximum atomic E-state index is 11.0. The van der Waals surface area contributed by atoms with E-state index in [4.69, 9.17) is 0 Å². The van der Waals surface area contributed by atoms with Crippen molar-refractivity contribution in [3.63, 3.8) is 0 Å². The van der Waals surface area contributed by atoms with Crippen molar-refractivity contribution < 1.29 is 4.92 Å². The summed E-state index contributed by atoms with van der Waals surface area (Å²) in [5, 5.41) is 18.4. The van der Waals surface area contributed by atoms with Crippen molar-refractivity contribution in [3.05, 3.63) is 58.5 Å². The normalized spacial score (nSPS) is 10.9. The Labute approximate surface area is 144 Å². The summed E-state index contributed by atoms with van der Waals surface area (Å²) < 4.78 is 1.85. The van der Waals surface area contributed by atoms with E-state index in [-0.39, 0.29) is 11.7 Å². The number of aryl methyl sites for hydroxylation is 1. The van der Waals surface area contributed by atoms with Crippen molar-refractivity contribution in [2.45, 2.75) is 26.8 Å². The highest BCUT2D eigenvalue weighted by Crippen LogP contribution is 2.24. The quantitative estimate of drug-likeness (QED) is 0.560. The number of nitro groups is 1. The summed E-state index contributed by atoms with van der Waals surface area (Å²) in [6.07, 6.45) is 3.62. The van der Waals surface area contributed by atoms with Crippen LogP contribution in [0.1, 0.15) is 25.6 Å². The van der Waals surface area contributed by atoms with Crippen LogP contribution in [0.3, 0.4) is 0 Å². The third-order valence-corrected chi connectivity index (χ3v) is 3.57. The lowest BCUT2D eigenvalue weighted by atomic mass is 10.2. The Bertz CT molecular complexity index is 919. The van der Waals surface area contributed by atoms with Crippen LogP contribution in [0.15, 0.2) is 42.7 Å². The van der Waals surface area contributed by atoms with E-state index < -0.39 is 4.92 Å². The third-order valence-electron chi connectivity index (χ3n) is 3.57. The van der Waals surface area contributed by atoms with Crippen LogP contribution < -0.4 is 5.32 Å². The highest BCUT2D eigenvalue weighted by Gasteiger charge is 2.11. The molecule has 0 amide bonds. The second-order valence-electron chi connectivity index (χ2n) is 5.95. The summed E-state index contributed by atoms with van der Waals surface area (Å²) in [4.78, 5) is 19.4. The molecular formula is C17H18N6O2. The molecular weight excluding hydrogens is 320 g/mol. The third kappa shape index (κ3) is 3.79. The molecule has 25 heavy (non-hydrogen) atoms. The average molecular weight is 338 g/mol. The predicted molar refractivity (Wildman–Crippen MR) is 94.8 cm³/mol. The Morgan fingerprint density at radius 2 is 2.04 bits per heavy atom. The fraction of sp³-hybridized carbons (Fsp3) is 0.235. The zero-order valence-corrected chi connectivity index (χ0v) is 14.2. The number of aromatic nitrogens is 4. The lowest BCUT2D eigenvalue weighted by Gasteiger charge is -2.07. The van der Waals surface area contributed by atoms with Crippen molar-refractivity contribution >= 4 is 17.2 Å². The monoisotopic (exact) mass is 338 g/mol. The predicted octanol–water partition coefficient (Wildman–Crippen LogP) is 3.88. The Kier molecular flexibility index (Phi) is 4.42. The molecule has 0 aliphatic rings. The summed E-state index contributed by atoms with van der Waals surface area (Å²) in [5.74, 6) is 1.04. The van der Waals surface area contributed by atoms with E-state index in [1.807, 2.05) is 37.7 Å². The molecule has 8 heteroatoms. The van der Waals surface area contributed by atoms with Crippen LogP contribution in [-0.2, 0) is 0 Å². The molecule has 2 heterocycles. The Morgan fingerprint density at radius 1 is 1.24 bits per heavy atom. The van der Waals surface area contributed by atoms with Gasteiger partial charge in [-0.05, 0) is 20.8 Å². The highest BCUT2D eigenvalue weighted by atomic mass is 16.6. The average Bonchev–Trinajstić information content (AvgIpc) is 3.03. The van der Waals surface area contributed by atoms with Crippen LogP contribution in [0.5, 0.6) is 0 Å². The van der Waals surface area contributed by atoms with Crippen molar-refractivity contribution in [3.8, 4) is 11.4 Å². The summed E-state index contributed by atoms with van der Waals surface area (Å²) in [6.45, 7) is 5.95. The van der Waals surface area contributed by atoms with Gasteiger partial charge in [-0.2, -0.15) is 5.10 Å². The SMILES string of the molecule is Cc1cc(Nc2cnn(C(C)C)c2)nc(-c2cccc([N+](=O)[O-])c2)n1. The molecule has 1 N–H and O–H groups in total. The van der Waals surface area contributed by atoms with E-state index in [0.29, 0.717) is 17.2 Å². The van der Waals surface area contributed by atoms with Crippen molar-refractivity contribution in [1.29, 1.82) is 0 Å². The molecule has 0 unspecified atom stereocenters. The van der Waals surface area contributed by atoms with Crippen LogP contribution in [0.2, 0.25) is 0 Å².